The molecule has 1 aromatic carbocycles. The minimum absolute atomic E-state index is 0.0171. The van der Waals surface area contributed by atoms with Gasteiger partial charge in [0.25, 0.3) is 0 Å². The minimum atomic E-state index is -4.46. The molecular formula is C13H16ClF3O3S. The molecule has 0 amide bonds. The van der Waals surface area contributed by atoms with Crippen LogP contribution in [0.15, 0.2) is 24.3 Å². The van der Waals surface area contributed by atoms with E-state index in [0.29, 0.717) is 12.8 Å². The van der Waals surface area contributed by atoms with Gasteiger partial charge in [0, 0.05) is 10.7 Å². The Labute approximate surface area is 126 Å². The summed E-state index contributed by atoms with van der Waals surface area (Å²) in [6.45, 7) is 1.87. The molecular weight excluding hydrogens is 329 g/mol. The van der Waals surface area contributed by atoms with E-state index in [2.05, 4.69) is 0 Å². The fourth-order valence-corrected chi connectivity index (χ4v) is 2.63. The molecule has 1 rings (SSSR count). The number of benzene rings is 1. The third-order valence-electron chi connectivity index (χ3n) is 2.92. The van der Waals surface area contributed by atoms with Crippen LogP contribution in [0.2, 0.25) is 0 Å². The highest BCUT2D eigenvalue weighted by Gasteiger charge is 2.33. The molecule has 21 heavy (non-hydrogen) atoms. The van der Waals surface area contributed by atoms with Crippen LogP contribution in [0.5, 0.6) is 5.75 Å². The zero-order valence-corrected chi connectivity index (χ0v) is 12.9. The Balaban J connectivity index is 2.50. The van der Waals surface area contributed by atoms with Crippen LogP contribution in [0.25, 0.3) is 0 Å². The van der Waals surface area contributed by atoms with Gasteiger partial charge >= 0.3 is 6.18 Å². The van der Waals surface area contributed by atoms with Gasteiger partial charge in [-0.15, -0.1) is 0 Å². The standard InChI is InChI=1S/C13H16ClF3O3S/c1-10(7-9-21(14,18)19)6-8-20-12-5-3-2-4-11(12)13(15,16)17/h2-5,10H,6-9H2,1H3. The predicted octanol–water partition coefficient (Wildman–Crippen LogP) is 4.07. The molecule has 1 atom stereocenters. The maximum atomic E-state index is 12.7. The van der Waals surface area contributed by atoms with Crippen LogP contribution in [0.4, 0.5) is 13.2 Å². The minimum Gasteiger partial charge on any atom is -0.493 e. The molecule has 0 fully saturated rings. The molecule has 0 aromatic heterocycles. The molecule has 120 valence electrons. The Hall–Kier alpha value is -0.950. The highest BCUT2D eigenvalue weighted by atomic mass is 35.7. The molecule has 0 aliphatic rings. The predicted molar refractivity (Wildman–Crippen MR) is 75.0 cm³/mol. The first-order valence-electron chi connectivity index (χ1n) is 6.31. The highest BCUT2D eigenvalue weighted by molar-refractivity contribution is 8.13. The quantitative estimate of drug-likeness (QED) is 0.700. The van der Waals surface area contributed by atoms with Crippen molar-refractivity contribution in [1.82, 2.24) is 0 Å². The van der Waals surface area contributed by atoms with Crippen molar-refractivity contribution in [2.75, 3.05) is 12.4 Å². The summed E-state index contributed by atoms with van der Waals surface area (Å²) in [5, 5.41) is 0. The Morgan fingerprint density at radius 1 is 1.24 bits per heavy atom. The topological polar surface area (TPSA) is 43.4 Å². The summed E-state index contributed by atoms with van der Waals surface area (Å²) in [5.74, 6) is -0.395. The maximum Gasteiger partial charge on any atom is 0.419 e. The van der Waals surface area contributed by atoms with Crippen LogP contribution in [0, 0.1) is 5.92 Å². The van der Waals surface area contributed by atoms with Crippen LogP contribution in [0.1, 0.15) is 25.3 Å². The molecule has 0 heterocycles. The Morgan fingerprint density at radius 3 is 2.43 bits per heavy atom. The second kappa shape index (κ2) is 7.35. The largest absolute Gasteiger partial charge is 0.493 e. The van der Waals surface area contributed by atoms with Crippen molar-refractivity contribution in [1.29, 1.82) is 0 Å². The summed E-state index contributed by atoms with van der Waals surface area (Å²) >= 11 is 0. The van der Waals surface area contributed by atoms with E-state index in [4.69, 9.17) is 15.4 Å². The Kier molecular flexibility index (Phi) is 6.34. The van der Waals surface area contributed by atoms with Gasteiger partial charge in [0.2, 0.25) is 9.05 Å². The van der Waals surface area contributed by atoms with E-state index >= 15 is 0 Å². The van der Waals surface area contributed by atoms with Crippen molar-refractivity contribution < 1.29 is 26.3 Å². The fourth-order valence-electron chi connectivity index (χ4n) is 1.68. The summed E-state index contributed by atoms with van der Waals surface area (Å²) in [4.78, 5) is 0. The first-order chi connectivity index (χ1) is 9.59. The first kappa shape index (κ1) is 18.1. The van der Waals surface area contributed by atoms with E-state index in [1.165, 1.54) is 18.2 Å². The fraction of sp³-hybridized carbons (Fsp3) is 0.538. The zero-order chi connectivity index (χ0) is 16.1. The van der Waals surface area contributed by atoms with Crippen LogP contribution in [-0.2, 0) is 15.2 Å². The molecule has 0 aliphatic carbocycles. The molecule has 0 saturated carbocycles. The molecule has 0 radical (unpaired) electrons. The Morgan fingerprint density at radius 2 is 1.86 bits per heavy atom. The van der Waals surface area contributed by atoms with E-state index in [0.717, 1.165) is 6.07 Å². The molecule has 8 heteroatoms. The third-order valence-corrected chi connectivity index (χ3v) is 4.10. The second-order valence-corrected chi connectivity index (χ2v) is 7.66. The molecule has 0 saturated heterocycles. The van der Waals surface area contributed by atoms with Gasteiger partial charge in [0.15, 0.2) is 0 Å². The van der Waals surface area contributed by atoms with Crippen LogP contribution in [0.3, 0.4) is 0 Å². The molecule has 0 bridgehead atoms. The molecule has 1 aromatic rings. The van der Waals surface area contributed by atoms with Gasteiger partial charge in [-0.3, -0.25) is 0 Å². The van der Waals surface area contributed by atoms with E-state index < -0.39 is 20.8 Å². The smallest absolute Gasteiger partial charge is 0.419 e. The number of halogens is 4. The number of para-hydroxylation sites is 1. The lowest BCUT2D eigenvalue weighted by atomic mass is 10.1. The summed E-state index contributed by atoms with van der Waals surface area (Å²) < 4.78 is 64.9. The number of ether oxygens (including phenoxy) is 1. The molecule has 0 spiro atoms. The summed E-state index contributed by atoms with van der Waals surface area (Å²) in [6.07, 6.45) is -3.68. The van der Waals surface area contributed by atoms with Crippen molar-refractivity contribution in [2.24, 2.45) is 5.92 Å². The van der Waals surface area contributed by atoms with Crippen molar-refractivity contribution in [3.05, 3.63) is 29.8 Å². The van der Waals surface area contributed by atoms with Crippen molar-refractivity contribution >= 4 is 19.7 Å². The van der Waals surface area contributed by atoms with Gasteiger partial charge in [-0.25, -0.2) is 8.42 Å². The lowest BCUT2D eigenvalue weighted by Gasteiger charge is -2.15. The molecule has 0 aliphatic heterocycles. The average Bonchev–Trinajstić information content (AvgIpc) is 2.35. The SMILES string of the molecule is CC(CCOc1ccccc1C(F)(F)F)CCS(=O)(=O)Cl. The third kappa shape index (κ3) is 7.04. The number of rotatable bonds is 7. The normalized spacial score (nSPS) is 14.0. The van der Waals surface area contributed by atoms with Gasteiger partial charge < -0.3 is 4.74 Å². The number of alkyl halides is 3. The van der Waals surface area contributed by atoms with Crippen LogP contribution >= 0.6 is 10.7 Å². The first-order valence-corrected chi connectivity index (χ1v) is 8.79. The summed E-state index contributed by atoms with van der Waals surface area (Å²) in [6, 6.07) is 4.98. The number of hydrogen-bond donors (Lipinski definition) is 0. The zero-order valence-electron chi connectivity index (χ0n) is 11.4. The average molecular weight is 345 g/mol. The monoisotopic (exact) mass is 344 g/mol. The summed E-state index contributed by atoms with van der Waals surface area (Å²) in [5.41, 5.74) is -0.819. The van der Waals surface area contributed by atoms with Crippen molar-refractivity contribution in [3.8, 4) is 5.75 Å². The van der Waals surface area contributed by atoms with Gasteiger partial charge in [0.1, 0.15) is 5.75 Å². The number of hydrogen-bond acceptors (Lipinski definition) is 3. The molecule has 0 N–H and O–H groups in total. The van der Waals surface area contributed by atoms with Crippen molar-refractivity contribution in [3.63, 3.8) is 0 Å². The lowest BCUT2D eigenvalue weighted by molar-refractivity contribution is -0.139. The molecule has 3 nitrogen and oxygen atoms in total. The van der Waals surface area contributed by atoms with Gasteiger partial charge in [-0.1, -0.05) is 19.1 Å². The van der Waals surface area contributed by atoms with Gasteiger partial charge in [-0.2, -0.15) is 13.2 Å². The van der Waals surface area contributed by atoms with Gasteiger partial charge in [0.05, 0.1) is 17.9 Å². The highest BCUT2D eigenvalue weighted by Crippen LogP contribution is 2.35. The van der Waals surface area contributed by atoms with E-state index in [9.17, 15) is 21.6 Å². The van der Waals surface area contributed by atoms with E-state index in [1.54, 1.807) is 6.92 Å². The van der Waals surface area contributed by atoms with Gasteiger partial charge in [-0.05, 0) is 30.9 Å². The van der Waals surface area contributed by atoms with Crippen LogP contribution in [-0.4, -0.2) is 20.8 Å². The lowest BCUT2D eigenvalue weighted by Crippen LogP contribution is -2.11. The van der Waals surface area contributed by atoms with Crippen LogP contribution < -0.4 is 4.74 Å². The Bertz CT molecular complexity index is 558. The maximum absolute atomic E-state index is 12.7. The summed E-state index contributed by atoms with van der Waals surface area (Å²) in [7, 11) is 1.55. The van der Waals surface area contributed by atoms with E-state index in [-0.39, 0.29) is 24.0 Å². The molecule has 1 unspecified atom stereocenters. The van der Waals surface area contributed by atoms with Crippen molar-refractivity contribution in [2.45, 2.75) is 25.9 Å². The van der Waals surface area contributed by atoms with E-state index in [1.807, 2.05) is 0 Å². The second-order valence-electron chi connectivity index (χ2n) is 4.77.